The molecule has 1 aromatic heterocycles. The second kappa shape index (κ2) is 11.5. The number of carbonyl (C=O) groups excluding carboxylic acids is 1. The predicted molar refractivity (Wildman–Crippen MR) is 150 cm³/mol. The van der Waals surface area contributed by atoms with Crippen molar-refractivity contribution in [2.24, 2.45) is 0 Å². The molecule has 2 heterocycles. The molecule has 0 saturated carbocycles. The van der Waals surface area contributed by atoms with Gasteiger partial charge in [-0.1, -0.05) is 66.9 Å². The highest BCUT2D eigenvalue weighted by Crippen LogP contribution is 2.45. The van der Waals surface area contributed by atoms with E-state index in [0.717, 1.165) is 40.8 Å². The first-order valence-electron chi connectivity index (χ1n) is 12.8. The molecule has 1 atom stereocenters. The van der Waals surface area contributed by atoms with Gasteiger partial charge in [-0.25, -0.2) is 0 Å². The Labute approximate surface area is 232 Å². The molecule has 1 amide bonds. The fourth-order valence-electron chi connectivity index (χ4n) is 4.73. The van der Waals surface area contributed by atoms with E-state index in [0.29, 0.717) is 47.0 Å². The molecule has 196 valence electrons. The van der Waals surface area contributed by atoms with Gasteiger partial charge in [0, 0.05) is 27.7 Å². The first-order valence-corrected chi connectivity index (χ1v) is 13.5. The summed E-state index contributed by atoms with van der Waals surface area (Å²) in [6.45, 7) is 5.60. The Morgan fingerprint density at radius 2 is 1.63 bits per heavy atom. The number of H-pyrrole nitrogens is 1. The number of ether oxygens (including phenoxy) is 2. The van der Waals surface area contributed by atoms with E-state index in [-0.39, 0.29) is 11.9 Å². The van der Waals surface area contributed by atoms with Crippen LogP contribution in [-0.2, 0) is 6.54 Å². The van der Waals surface area contributed by atoms with Gasteiger partial charge in [-0.3, -0.25) is 9.89 Å². The average molecular weight is 550 g/mol. The van der Waals surface area contributed by atoms with Crippen LogP contribution >= 0.6 is 23.2 Å². The van der Waals surface area contributed by atoms with Crippen molar-refractivity contribution >= 4 is 29.1 Å². The number of hydrogen-bond acceptors (Lipinski definition) is 4. The van der Waals surface area contributed by atoms with Crippen LogP contribution in [0.5, 0.6) is 11.5 Å². The van der Waals surface area contributed by atoms with Crippen LogP contribution in [0.4, 0.5) is 0 Å². The molecule has 0 aliphatic carbocycles. The molecule has 38 heavy (non-hydrogen) atoms. The predicted octanol–water partition coefficient (Wildman–Crippen LogP) is 7.71. The second-order valence-corrected chi connectivity index (χ2v) is 10.0. The van der Waals surface area contributed by atoms with Crippen LogP contribution in [0.3, 0.4) is 0 Å². The monoisotopic (exact) mass is 549 g/mol. The fourth-order valence-corrected chi connectivity index (χ4v) is 4.98. The molecule has 6 nitrogen and oxygen atoms in total. The summed E-state index contributed by atoms with van der Waals surface area (Å²) in [5, 5.41) is 8.85. The Balaban J connectivity index is 1.60. The molecule has 5 rings (SSSR count). The molecule has 0 saturated heterocycles. The van der Waals surface area contributed by atoms with Gasteiger partial charge < -0.3 is 14.4 Å². The number of halogens is 2. The zero-order valence-corrected chi connectivity index (χ0v) is 22.9. The van der Waals surface area contributed by atoms with E-state index in [1.165, 1.54) is 0 Å². The summed E-state index contributed by atoms with van der Waals surface area (Å²) >= 11 is 12.3. The Morgan fingerprint density at radius 1 is 0.921 bits per heavy atom. The van der Waals surface area contributed by atoms with E-state index in [1.807, 2.05) is 78.6 Å². The highest BCUT2D eigenvalue weighted by atomic mass is 35.5. The third-order valence-corrected chi connectivity index (χ3v) is 7.09. The minimum Gasteiger partial charge on any atom is -0.490 e. The fraction of sp³-hybridized carbons (Fsp3) is 0.267. The number of nitrogens with zero attached hydrogens (tertiary/aromatic N) is 2. The molecule has 3 aromatic carbocycles. The van der Waals surface area contributed by atoms with Gasteiger partial charge in [0.1, 0.15) is 5.69 Å². The number of unbranched alkanes of at least 4 members (excludes halogenated alkanes) is 1. The van der Waals surface area contributed by atoms with E-state index in [9.17, 15) is 4.79 Å². The van der Waals surface area contributed by atoms with Gasteiger partial charge in [0.2, 0.25) is 0 Å². The third kappa shape index (κ3) is 5.24. The third-order valence-electron chi connectivity index (χ3n) is 6.59. The van der Waals surface area contributed by atoms with Crippen molar-refractivity contribution in [3.8, 4) is 22.8 Å². The zero-order valence-electron chi connectivity index (χ0n) is 21.3. The molecule has 4 aromatic rings. The topological polar surface area (TPSA) is 67.5 Å². The summed E-state index contributed by atoms with van der Waals surface area (Å²) in [5.41, 5.74) is 4.79. The Hall–Kier alpha value is -3.48. The number of aromatic nitrogens is 2. The van der Waals surface area contributed by atoms with Gasteiger partial charge in [0.05, 0.1) is 24.9 Å². The number of nitrogens with one attached hydrogen (secondary N) is 1. The number of hydrogen-bond donors (Lipinski definition) is 1. The van der Waals surface area contributed by atoms with Crippen molar-refractivity contribution in [2.75, 3.05) is 13.2 Å². The first-order chi connectivity index (χ1) is 18.5. The lowest BCUT2D eigenvalue weighted by Gasteiger charge is -2.27. The molecule has 1 aliphatic heterocycles. The van der Waals surface area contributed by atoms with E-state index in [2.05, 4.69) is 17.1 Å². The maximum absolute atomic E-state index is 13.8. The summed E-state index contributed by atoms with van der Waals surface area (Å²) in [6, 6.07) is 20.6. The van der Waals surface area contributed by atoms with Gasteiger partial charge in [-0.2, -0.15) is 5.10 Å². The molecule has 0 bridgehead atoms. The summed E-state index contributed by atoms with van der Waals surface area (Å²) in [4.78, 5) is 15.6. The molecule has 0 radical (unpaired) electrons. The SMILES string of the molecule is CCCCOc1ccc(C2c3c(-c4ccc(Cl)cc4)n[nH]c3C(=O)N2Cc2ccc(Cl)cc2)cc1OCC. The van der Waals surface area contributed by atoms with Crippen LogP contribution < -0.4 is 9.47 Å². The molecule has 0 spiro atoms. The summed E-state index contributed by atoms with van der Waals surface area (Å²) in [5.74, 6) is 1.24. The van der Waals surface area contributed by atoms with Crippen molar-refractivity contribution in [2.45, 2.75) is 39.3 Å². The molecule has 1 unspecified atom stereocenters. The highest BCUT2D eigenvalue weighted by Gasteiger charge is 2.42. The molecule has 0 fully saturated rings. The van der Waals surface area contributed by atoms with Crippen LogP contribution in [-0.4, -0.2) is 34.2 Å². The van der Waals surface area contributed by atoms with E-state index >= 15 is 0 Å². The maximum Gasteiger partial charge on any atom is 0.273 e. The van der Waals surface area contributed by atoms with Crippen molar-refractivity contribution in [1.29, 1.82) is 0 Å². The zero-order chi connectivity index (χ0) is 26.6. The molecular weight excluding hydrogens is 521 g/mol. The Bertz CT molecular complexity index is 1420. The summed E-state index contributed by atoms with van der Waals surface area (Å²) < 4.78 is 12.0. The van der Waals surface area contributed by atoms with Gasteiger partial charge in [0.25, 0.3) is 5.91 Å². The average Bonchev–Trinajstić information content (AvgIpc) is 3.46. The minimum atomic E-state index is -0.387. The van der Waals surface area contributed by atoms with Crippen LogP contribution in [0.15, 0.2) is 66.7 Å². The minimum absolute atomic E-state index is 0.117. The number of fused-ring (bicyclic) bond motifs is 1. The number of carbonyl (C=O) groups is 1. The second-order valence-electron chi connectivity index (χ2n) is 9.17. The standard InChI is InChI=1S/C30H29Cl2N3O3/c1-3-5-16-38-24-15-10-21(17-25(24)37-4-2)29-26-27(20-8-13-23(32)14-9-20)33-34-28(26)30(36)35(29)18-19-6-11-22(31)12-7-19/h6-15,17,29H,3-5,16,18H2,1-2H3,(H,33,34). The van der Waals surface area contributed by atoms with Crippen LogP contribution in [0, 0.1) is 0 Å². The van der Waals surface area contributed by atoms with Crippen LogP contribution in [0.1, 0.15) is 59.9 Å². The van der Waals surface area contributed by atoms with E-state index in [4.69, 9.17) is 32.7 Å². The summed E-state index contributed by atoms with van der Waals surface area (Å²) in [6.07, 6.45) is 2.00. The highest BCUT2D eigenvalue weighted by molar-refractivity contribution is 6.30. The lowest BCUT2D eigenvalue weighted by atomic mass is 9.95. The number of aromatic amines is 1. The molecule has 8 heteroatoms. The molecular formula is C30H29Cl2N3O3. The Kier molecular flexibility index (Phi) is 7.91. The van der Waals surface area contributed by atoms with Crippen molar-refractivity contribution in [3.05, 3.63) is 99.2 Å². The van der Waals surface area contributed by atoms with Crippen molar-refractivity contribution < 1.29 is 14.3 Å². The number of benzene rings is 3. The number of rotatable bonds is 10. The lowest BCUT2D eigenvalue weighted by Crippen LogP contribution is -2.29. The number of amides is 1. The van der Waals surface area contributed by atoms with Gasteiger partial charge in [-0.05, 0) is 60.9 Å². The maximum atomic E-state index is 13.8. The molecule has 1 aliphatic rings. The van der Waals surface area contributed by atoms with Crippen LogP contribution in [0.2, 0.25) is 10.0 Å². The van der Waals surface area contributed by atoms with Crippen LogP contribution in [0.25, 0.3) is 11.3 Å². The Morgan fingerprint density at radius 3 is 2.32 bits per heavy atom. The van der Waals surface area contributed by atoms with Crippen molar-refractivity contribution in [1.82, 2.24) is 15.1 Å². The van der Waals surface area contributed by atoms with E-state index in [1.54, 1.807) is 0 Å². The largest absolute Gasteiger partial charge is 0.490 e. The van der Waals surface area contributed by atoms with Crippen molar-refractivity contribution in [3.63, 3.8) is 0 Å². The van der Waals surface area contributed by atoms with Gasteiger partial charge >= 0.3 is 0 Å². The lowest BCUT2D eigenvalue weighted by molar-refractivity contribution is 0.0729. The smallest absolute Gasteiger partial charge is 0.273 e. The normalized spacial score (nSPS) is 14.6. The van der Waals surface area contributed by atoms with Gasteiger partial charge in [-0.15, -0.1) is 0 Å². The summed E-state index contributed by atoms with van der Waals surface area (Å²) in [7, 11) is 0. The quantitative estimate of drug-likeness (QED) is 0.206. The van der Waals surface area contributed by atoms with Gasteiger partial charge in [0.15, 0.2) is 11.5 Å². The molecule has 1 N–H and O–H groups in total. The van der Waals surface area contributed by atoms with E-state index < -0.39 is 0 Å². The first kappa shape index (κ1) is 26.1.